The minimum absolute atomic E-state index is 0.0775. The highest BCUT2D eigenvalue weighted by Crippen LogP contribution is 2.48. The number of carbonyl (C=O) groups is 1. The van der Waals surface area contributed by atoms with E-state index >= 15 is 0 Å². The van der Waals surface area contributed by atoms with E-state index in [-0.39, 0.29) is 34.0 Å². The van der Waals surface area contributed by atoms with Gasteiger partial charge < -0.3 is 5.11 Å². The van der Waals surface area contributed by atoms with Crippen LogP contribution in [0.25, 0.3) is 10.8 Å². The van der Waals surface area contributed by atoms with Gasteiger partial charge in [-0.2, -0.15) is 0 Å². The monoisotopic (exact) mass is 491 g/mol. The first-order valence-electron chi connectivity index (χ1n) is 11.0. The molecule has 1 aliphatic carbocycles. The number of phenols is 1. The van der Waals surface area contributed by atoms with Crippen molar-refractivity contribution in [1.29, 1.82) is 0 Å². The van der Waals surface area contributed by atoms with Crippen molar-refractivity contribution in [3.05, 3.63) is 101 Å². The third kappa shape index (κ3) is 4.56. The van der Waals surface area contributed by atoms with Crippen LogP contribution in [0.4, 0.5) is 0 Å². The van der Waals surface area contributed by atoms with Crippen LogP contribution in [0.1, 0.15) is 29.2 Å². The lowest BCUT2D eigenvalue weighted by atomic mass is 10.00. The van der Waals surface area contributed by atoms with Crippen LogP contribution in [-0.2, 0) is 26.8 Å². The fourth-order valence-electron chi connectivity index (χ4n) is 4.39. The summed E-state index contributed by atoms with van der Waals surface area (Å²) in [6.45, 7) is 0. The first-order valence-corrected chi connectivity index (χ1v) is 13.0. The molecule has 1 fully saturated rings. The molecule has 0 saturated heterocycles. The number of fused-ring (bicyclic) bond motifs is 1. The van der Waals surface area contributed by atoms with E-state index < -0.39 is 9.84 Å². The van der Waals surface area contributed by atoms with Gasteiger partial charge >= 0.3 is 0 Å². The summed E-state index contributed by atoms with van der Waals surface area (Å²) in [5.74, 6) is 0.183. The Labute approximate surface area is 203 Å². The number of nitrogens with zero attached hydrogens (tertiary/aromatic N) is 1. The Bertz CT molecular complexity index is 1480. The van der Waals surface area contributed by atoms with Crippen molar-refractivity contribution in [2.45, 2.75) is 29.4 Å². The summed E-state index contributed by atoms with van der Waals surface area (Å²) in [5, 5.41) is 11.9. The second kappa shape index (κ2) is 8.85. The predicted molar refractivity (Wildman–Crippen MR) is 132 cm³/mol. The van der Waals surface area contributed by atoms with Crippen LogP contribution in [0.2, 0.25) is 5.02 Å². The highest BCUT2D eigenvalue weighted by molar-refractivity contribution is 7.90. The summed E-state index contributed by atoms with van der Waals surface area (Å²) < 4.78 is 25.4. The molecule has 0 radical (unpaired) electrons. The molecule has 5 nitrogen and oxygen atoms in total. The number of hydrogen-bond donors (Lipinski definition) is 1. The van der Waals surface area contributed by atoms with Gasteiger partial charge in [0.2, 0.25) is 0 Å². The lowest BCUT2D eigenvalue weighted by Crippen LogP contribution is -2.07. The van der Waals surface area contributed by atoms with Crippen molar-refractivity contribution in [1.82, 2.24) is 4.98 Å². The normalized spacial score (nSPS) is 17.6. The molecular formula is C27H22ClNO4S. The van der Waals surface area contributed by atoms with Crippen LogP contribution >= 0.6 is 11.6 Å². The number of aromatic nitrogens is 1. The van der Waals surface area contributed by atoms with Gasteiger partial charge in [-0.05, 0) is 65.9 Å². The Balaban J connectivity index is 1.25. The maximum Gasteiger partial charge on any atom is 0.184 e. The van der Waals surface area contributed by atoms with Gasteiger partial charge in [0.1, 0.15) is 11.5 Å². The molecule has 0 amide bonds. The zero-order valence-electron chi connectivity index (χ0n) is 18.2. The van der Waals surface area contributed by atoms with Crippen molar-refractivity contribution in [2.24, 2.45) is 5.92 Å². The number of benzene rings is 3. The number of hydrogen-bond acceptors (Lipinski definition) is 5. The smallest absolute Gasteiger partial charge is 0.184 e. The Kier molecular flexibility index (Phi) is 5.88. The molecule has 5 rings (SSSR count). The molecular weight excluding hydrogens is 470 g/mol. The van der Waals surface area contributed by atoms with Crippen molar-refractivity contribution >= 4 is 38.0 Å². The molecule has 0 aliphatic heterocycles. The molecule has 3 aromatic carbocycles. The number of aromatic hydroxyl groups is 1. The van der Waals surface area contributed by atoms with Gasteiger partial charge in [0.15, 0.2) is 9.84 Å². The Morgan fingerprint density at radius 2 is 1.79 bits per heavy atom. The van der Waals surface area contributed by atoms with E-state index in [0.717, 1.165) is 22.9 Å². The van der Waals surface area contributed by atoms with Crippen LogP contribution in [-0.4, -0.2) is 24.3 Å². The molecule has 0 bridgehead atoms. The van der Waals surface area contributed by atoms with Crippen LogP contribution in [0, 0.1) is 5.92 Å². The zero-order valence-corrected chi connectivity index (χ0v) is 19.8. The molecule has 0 spiro atoms. The van der Waals surface area contributed by atoms with Gasteiger partial charge in [0.25, 0.3) is 0 Å². The van der Waals surface area contributed by atoms with Crippen LogP contribution in [0.3, 0.4) is 0 Å². The summed E-state index contributed by atoms with van der Waals surface area (Å²) in [5.41, 5.74) is 2.33. The van der Waals surface area contributed by atoms with E-state index in [1.165, 1.54) is 0 Å². The van der Waals surface area contributed by atoms with Crippen molar-refractivity contribution in [3.63, 3.8) is 0 Å². The highest BCUT2D eigenvalue weighted by Gasteiger charge is 2.43. The standard InChI is InChI=1S/C27H22ClNO4S/c28-25-10-11-26(30)21-9-4-17(13-23(21)25)14-27(31)24-15-22(24)18-5-7-20(8-6-18)34(32,33)16-19-3-1-2-12-29-19/h1-13,22,24,30H,14-16H2/t22?,24-/m1/s1. The summed E-state index contributed by atoms with van der Waals surface area (Å²) in [7, 11) is -3.49. The van der Waals surface area contributed by atoms with Crippen LogP contribution in [0.15, 0.2) is 83.9 Å². The lowest BCUT2D eigenvalue weighted by molar-refractivity contribution is -0.119. The lowest BCUT2D eigenvalue weighted by Gasteiger charge is -2.07. The fraction of sp³-hybridized carbons (Fsp3) is 0.185. The van der Waals surface area contributed by atoms with Crippen molar-refractivity contribution in [3.8, 4) is 5.75 Å². The van der Waals surface area contributed by atoms with E-state index in [9.17, 15) is 18.3 Å². The van der Waals surface area contributed by atoms with Gasteiger partial charge in [-0.15, -0.1) is 0 Å². The van der Waals surface area contributed by atoms with Gasteiger partial charge in [0.05, 0.1) is 16.3 Å². The predicted octanol–water partition coefficient (Wildman–Crippen LogP) is 5.48. The maximum atomic E-state index is 12.9. The van der Waals surface area contributed by atoms with Gasteiger partial charge in [-0.1, -0.05) is 41.9 Å². The fourth-order valence-corrected chi connectivity index (χ4v) is 5.89. The Hall–Kier alpha value is -3.22. The average molecular weight is 492 g/mol. The maximum absolute atomic E-state index is 12.9. The minimum atomic E-state index is -3.49. The number of ketones is 1. The summed E-state index contributed by atoms with van der Waals surface area (Å²) >= 11 is 6.26. The average Bonchev–Trinajstić information content (AvgIpc) is 3.63. The molecule has 1 heterocycles. The molecule has 1 unspecified atom stereocenters. The second-order valence-corrected chi connectivity index (χ2v) is 11.1. The number of Topliss-reactive ketones (excluding diaryl/α,β-unsaturated/α-hetero) is 1. The van der Waals surface area contributed by atoms with Gasteiger partial charge in [0, 0.05) is 34.3 Å². The Morgan fingerprint density at radius 3 is 2.53 bits per heavy atom. The van der Waals surface area contributed by atoms with Crippen molar-refractivity contribution < 1.29 is 18.3 Å². The first-order chi connectivity index (χ1) is 16.3. The first kappa shape index (κ1) is 22.6. The third-order valence-electron chi connectivity index (χ3n) is 6.32. The highest BCUT2D eigenvalue weighted by atomic mass is 35.5. The number of phenolic OH excluding ortho intramolecular Hbond substituents is 1. The van der Waals surface area contributed by atoms with E-state index in [0.29, 0.717) is 22.5 Å². The molecule has 34 heavy (non-hydrogen) atoms. The number of rotatable bonds is 7. The van der Waals surface area contributed by atoms with E-state index in [4.69, 9.17) is 11.6 Å². The quantitative estimate of drug-likeness (QED) is 0.370. The van der Waals surface area contributed by atoms with E-state index in [2.05, 4.69) is 4.98 Å². The number of sulfone groups is 1. The van der Waals surface area contributed by atoms with Crippen molar-refractivity contribution in [2.75, 3.05) is 0 Å². The molecule has 2 atom stereocenters. The Morgan fingerprint density at radius 1 is 1.00 bits per heavy atom. The molecule has 1 aromatic heterocycles. The third-order valence-corrected chi connectivity index (χ3v) is 8.31. The number of halogens is 1. The molecule has 7 heteroatoms. The molecule has 1 N–H and O–H groups in total. The van der Waals surface area contributed by atoms with E-state index in [1.807, 2.05) is 24.3 Å². The van der Waals surface area contributed by atoms with Crippen LogP contribution in [0.5, 0.6) is 5.75 Å². The largest absolute Gasteiger partial charge is 0.507 e. The summed E-state index contributed by atoms with van der Waals surface area (Å²) in [6, 6.07) is 20.7. The summed E-state index contributed by atoms with van der Waals surface area (Å²) in [6.07, 6.45) is 2.63. The van der Waals surface area contributed by atoms with E-state index in [1.54, 1.807) is 54.7 Å². The second-order valence-electron chi connectivity index (χ2n) is 8.69. The molecule has 172 valence electrons. The van der Waals surface area contributed by atoms with Gasteiger partial charge in [-0.25, -0.2) is 8.42 Å². The molecule has 4 aromatic rings. The van der Waals surface area contributed by atoms with Gasteiger partial charge in [-0.3, -0.25) is 9.78 Å². The zero-order chi connectivity index (χ0) is 23.9. The van der Waals surface area contributed by atoms with Crippen LogP contribution < -0.4 is 0 Å². The molecule has 1 saturated carbocycles. The SMILES string of the molecule is O=C(Cc1ccc2c(O)ccc(Cl)c2c1)[C@@H]1CC1c1ccc(S(=O)(=O)Cc2ccccn2)cc1. The summed E-state index contributed by atoms with van der Waals surface area (Å²) in [4.78, 5) is 17.2. The number of carbonyl (C=O) groups excluding carboxylic acids is 1. The topological polar surface area (TPSA) is 84.3 Å². The molecule has 1 aliphatic rings. The number of pyridine rings is 1. The minimum Gasteiger partial charge on any atom is -0.507 e.